The average Bonchev–Trinajstić information content (AvgIpc) is 3.11. The number of hydrogen-bond donors (Lipinski definition) is 1. The second kappa shape index (κ2) is 6.15. The Bertz CT molecular complexity index is 1100. The van der Waals surface area contributed by atoms with Crippen LogP contribution in [0.15, 0.2) is 60.7 Å². The van der Waals surface area contributed by atoms with Crippen molar-refractivity contribution in [2.45, 2.75) is 13.0 Å². The summed E-state index contributed by atoms with van der Waals surface area (Å²) >= 11 is 6.07. The average molecular weight is 361 g/mol. The van der Waals surface area contributed by atoms with Crippen LogP contribution in [-0.2, 0) is 13.0 Å². The quantitative estimate of drug-likeness (QED) is 0.556. The first-order chi connectivity index (χ1) is 12.8. The van der Waals surface area contributed by atoms with Gasteiger partial charge in [0.1, 0.15) is 11.5 Å². The van der Waals surface area contributed by atoms with Gasteiger partial charge >= 0.3 is 0 Å². The highest BCUT2D eigenvalue weighted by Gasteiger charge is 2.18. The van der Waals surface area contributed by atoms with Crippen LogP contribution < -0.4 is 4.90 Å². The molecule has 0 spiro atoms. The normalized spacial score (nSPS) is 13.8. The predicted octanol–water partition coefficient (Wildman–Crippen LogP) is 4.84. The van der Waals surface area contributed by atoms with Crippen molar-refractivity contribution in [3.05, 3.63) is 76.8 Å². The van der Waals surface area contributed by atoms with Crippen molar-refractivity contribution in [2.75, 3.05) is 11.4 Å². The highest BCUT2D eigenvalue weighted by molar-refractivity contribution is 6.31. The lowest BCUT2D eigenvalue weighted by atomic mass is 10.00. The van der Waals surface area contributed by atoms with E-state index in [1.165, 1.54) is 11.1 Å². The first-order valence-corrected chi connectivity index (χ1v) is 9.08. The molecule has 5 rings (SSSR count). The molecule has 1 aliphatic heterocycles. The third-order valence-electron chi connectivity index (χ3n) is 4.88. The third-order valence-corrected chi connectivity index (χ3v) is 5.11. The second-order valence-corrected chi connectivity index (χ2v) is 7.00. The SMILES string of the molecule is Clc1ccc2nc(-c3cccc(N4CCc5ccccc5C4)n3)[nH]c2c1. The third kappa shape index (κ3) is 2.72. The summed E-state index contributed by atoms with van der Waals surface area (Å²) in [7, 11) is 0. The van der Waals surface area contributed by atoms with Gasteiger partial charge in [-0.25, -0.2) is 9.97 Å². The zero-order valence-electron chi connectivity index (χ0n) is 14.1. The van der Waals surface area contributed by atoms with Crippen LogP contribution in [0.2, 0.25) is 5.02 Å². The number of benzene rings is 2. The minimum Gasteiger partial charge on any atom is -0.352 e. The van der Waals surface area contributed by atoms with Gasteiger partial charge in [0.25, 0.3) is 0 Å². The second-order valence-electron chi connectivity index (χ2n) is 6.57. The molecule has 0 unspecified atom stereocenters. The minimum atomic E-state index is 0.696. The monoisotopic (exact) mass is 360 g/mol. The van der Waals surface area contributed by atoms with E-state index in [0.717, 1.165) is 47.9 Å². The summed E-state index contributed by atoms with van der Waals surface area (Å²) in [5, 5.41) is 0.696. The molecule has 0 bridgehead atoms. The Labute approximate surface area is 156 Å². The van der Waals surface area contributed by atoms with Crippen LogP contribution in [0.3, 0.4) is 0 Å². The molecule has 1 N–H and O–H groups in total. The van der Waals surface area contributed by atoms with Crippen molar-refractivity contribution in [3.8, 4) is 11.5 Å². The Morgan fingerprint density at radius 2 is 1.81 bits per heavy atom. The van der Waals surface area contributed by atoms with Crippen LogP contribution in [0.5, 0.6) is 0 Å². The van der Waals surface area contributed by atoms with Gasteiger partial charge in [0, 0.05) is 18.1 Å². The van der Waals surface area contributed by atoms with Gasteiger partial charge in [0.05, 0.1) is 11.0 Å². The number of pyridine rings is 1. The molecule has 1 aliphatic rings. The summed E-state index contributed by atoms with van der Waals surface area (Å²) in [5.41, 5.74) is 5.47. The topological polar surface area (TPSA) is 44.8 Å². The maximum absolute atomic E-state index is 6.07. The van der Waals surface area contributed by atoms with Gasteiger partial charge < -0.3 is 9.88 Å². The van der Waals surface area contributed by atoms with Crippen LogP contribution in [0.4, 0.5) is 5.82 Å². The number of aromatic amines is 1. The fourth-order valence-corrected chi connectivity index (χ4v) is 3.70. The van der Waals surface area contributed by atoms with Crippen LogP contribution in [0.25, 0.3) is 22.6 Å². The van der Waals surface area contributed by atoms with E-state index >= 15 is 0 Å². The van der Waals surface area contributed by atoms with Gasteiger partial charge in [-0.15, -0.1) is 0 Å². The van der Waals surface area contributed by atoms with Crippen molar-refractivity contribution < 1.29 is 0 Å². The predicted molar refractivity (Wildman–Crippen MR) is 106 cm³/mol. The molecule has 0 atom stereocenters. The summed E-state index contributed by atoms with van der Waals surface area (Å²) in [5.74, 6) is 1.75. The Morgan fingerprint density at radius 1 is 0.923 bits per heavy atom. The molecule has 26 heavy (non-hydrogen) atoms. The molecule has 0 aliphatic carbocycles. The molecule has 5 heteroatoms. The molecule has 0 radical (unpaired) electrons. The Morgan fingerprint density at radius 3 is 2.73 bits per heavy atom. The van der Waals surface area contributed by atoms with E-state index in [-0.39, 0.29) is 0 Å². The molecule has 4 aromatic rings. The largest absolute Gasteiger partial charge is 0.352 e. The first kappa shape index (κ1) is 15.4. The molecule has 2 aromatic carbocycles. The zero-order valence-corrected chi connectivity index (χ0v) is 14.9. The molecule has 4 nitrogen and oxygen atoms in total. The highest BCUT2D eigenvalue weighted by atomic mass is 35.5. The molecule has 0 fully saturated rings. The summed E-state index contributed by atoms with van der Waals surface area (Å²) in [6.45, 7) is 1.87. The standard InChI is InChI=1S/C21H17ClN4/c22-16-8-9-17-19(12-16)25-21(24-17)18-6-3-7-20(23-18)26-11-10-14-4-1-2-5-15(14)13-26/h1-9,12H,10-11,13H2,(H,24,25). The minimum absolute atomic E-state index is 0.696. The van der Waals surface area contributed by atoms with E-state index in [2.05, 4.69) is 45.2 Å². The lowest BCUT2D eigenvalue weighted by Gasteiger charge is -2.29. The molecule has 2 aromatic heterocycles. The number of H-pyrrole nitrogens is 1. The number of anilines is 1. The molecule has 0 saturated carbocycles. The van der Waals surface area contributed by atoms with Crippen molar-refractivity contribution in [2.24, 2.45) is 0 Å². The number of nitrogens with zero attached hydrogens (tertiary/aromatic N) is 3. The lowest BCUT2D eigenvalue weighted by Crippen LogP contribution is -2.30. The summed E-state index contributed by atoms with van der Waals surface area (Å²) in [6, 6.07) is 20.4. The molecular weight excluding hydrogens is 344 g/mol. The maximum atomic E-state index is 6.07. The van der Waals surface area contributed by atoms with Crippen LogP contribution in [0, 0.1) is 0 Å². The molecule has 3 heterocycles. The lowest BCUT2D eigenvalue weighted by molar-refractivity contribution is 0.721. The Balaban J connectivity index is 1.49. The Kier molecular flexibility index (Phi) is 3.64. The van der Waals surface area contributed by atoms with Crippen molar-refractivity contribution in [1.82, 2.24) is 15.0 Å². The van der Waals surface area contributed by atoms with E-state index in [1.54, 1.807) is 0 Å². The number of imidazole rings is 1. The fraction of sp³-hybridized carbons (Fsp3) is 0.143. The summed E-state index contributed by atoms with van der Waals surface area (Å²) < 4.78 is 0. The maximum Gasteiger partial charge on any atom is 0.157 e. The van der Waals surface area contributed by atoms with Gasteiger partial charge in [0.15, 0.2) is 5.82 Å². The molecule has 128 valence electrons. The number of fused-ring (bicyclic) bond motifs is 2. The van der Waals surface area contributed by atoms with Crippen molar-refractivity contribution in [3.63, 3.8) is 0 Å². The van der Waals surface area contributed by atoms with Gasteiger partial charge in [-0.2, -0.15) is 0 Å². The van der Waals surface area contributed by atoms with Gasteiger partial charge in [-0.1, -0.05) is 41.9 Å². The number of nitrogens with one attached hydrogen (secondary N) is 1. The number of hydrogen-bond acceptors (Lipinski definition) is 3. The van der Waals surface area contributed by atoms with Gasteiger partial charge in [-0.3, -0.25) is 0 Å². The van der Waals surface area contributed by atoms with Crippen LogP contribution in [-0.4, -0.2) is 21.5 Å². The van der Waals surface area contributed by atoms with E-state index in [0.29, 0.717) is 5.02 Å². The van der Waals surface area contributed by atoms with Gasteiger partial charge in [0.2, 0.25) is 0 Å². The smallest absolute Gasteiger partial charge is 0.157 e. The van der Waals surface area contributed by atoms with E-state index in [4.69, 9.17) is 16.6 Å². The van der Waals surface area contributed by atoms with E-state index in [1.807, 2.05) is 30.3 Å². The van der Waals surface area contributed by atoms with Gasteiger partial charge in [-0.05, 0) is 47.9 Å². The van der Waals surface area contributed by atoms with Crippen LogP contribution >= 0.6 is 11.6 Å². The summed E-state index contributed by atoms with van der Waals surface area (Å²) in [4.78, 5) is 15.2. The number of halogens is 1. The molecule has 0 amide bonds. The highest BCUT2D eigenvalue weighted by Crippen LogP contribution is 2.26. The van der Waals surface area contributed by atoms with E-state index in [9.17, 15) is 0 Å². The van der Waals surface area contributed by atoms with Crippen molar-refractivity contribution >= 4 is 28.5 Å². The fourth-order valence-electron chi connectivity index (χ4n) is 3.53. The Hall–Kier alpha value is -2.85. The first-order valence-electron chi connectivity index (χ1n) is 8.71. The van der Waals surface area contributed by atoms with Crippen molar-refractivity contribution in [1.29, 1.82) is 0 Å². The number of aromatic nitrogens is 3. The number of rotatable bonds is 2. The van der Waals surface area contributed by atoms with E-state index < -0.39 is 0 Å². The molecule has 0 saturated heterocycles. The summed E-state index contributed by atoms with van der Waals surface area (Å²) in [6.07, 6.45) is 1.05. The van der Waals surface area contributed by atoms with Crippen LogP contribution in [0.1, 0.15) is 11.1 Å². The molecular formula is C21H17ClN4. The zero-order chi connectivity index (χ0) is 17.5.